The second kappa shape index (κ2) is 7.18. The largest absolute Gasteiger partial charge is 0.344 e. The maximum atomic E-state index is 12.9. The lowest BCUT2D eigenvalue weighted by molar-refractivity contribution is -0.132. The molecule has 1 fully saturated rings. The van der Waals surface area contributed by atoms with Gasteiger partial charge in [0.2, 0.25) is 0 Å². The normalized spacial score (nSPS) is 18.4. The van der Waals surface area contributed by atoms with Crippen molar-refractivity contribution >= 4 is 17.8 Å². The first kappa shape index (κ1) is 19.4. The second-order valence-electron chi connectivity index (χ2n) is 7.50. The van der Waals surface area contributed by atoms with Crippen LogP contribution in [0, 0.1) is 13.8 Å². The highest BCUT2D eigenvalue weighted by Crippen LogP contribution is 2.27. The molecular weight excluding hydrogens is 380 g/mol. The molecule has 4 amide bonds. The minimum absolute atomic E-state index is 0.343. The molecule has 4 rings (SSSR count). The number of benzene rings is 2. The molecule has 2 heterocycles. The van der Waals surface area contributed by atoms with Gasteiger partial charge >= 0.3 is 6.03 Å². The first-order valence-corrected chi connectivity index (χ1v) is 9.60. The number of hydrogen-bond donors (Lipinski definition) is 2. The molecule has 0 bridgehead atoms. The minimum atomic E-state index is -1.24. The van der Waals surface area contributed by atoms with Crippen molar-refractivity contribution in [1.29, 1.82) is 0 Å². The minimum Gasteiger partial charge on any atom is -0.319 e. The molecule has 30 heavy (non-hydrogen) atoms. The van der Waals surface area contributed by atoms with Crippen molar-refractivity contribution in [3.8, 4) is 5.69 Å². The zero-order valence-corrected chi connectivity index (χ0v) is 17.0. The van der Waals surface area contributed by atoms with E-state index in [0.29, 0.717) is 11.1 Å². The van der Waals surface area contributed by atoms with E-state index in [9.17, 15) is 14.4 Å². The molecule has 152 valence electrons. The molecule has 1 aliphatic heterocycles. The Morgan fingerprint density at radius 3 is 2.10 bits per heavy atom. The lowest BCUT2D eigenvalue weighted by Crippen LogP contribution is -2.47. The lowest BCUT2D eigenvalue weighted by atomic mass is 9.92. The van der Waals surface area contributed by atoms with Gasteiger partial charge in [0.1, 0.15) is 5.54 Å². The summed E-state index contributed by atoms with van der Waals surface area (Å²) in [6.45, 7) is 5.63. The van der Waals surface area contributed by atoms with Crippen LogP contribution < -0.4 is 10.7 Å². The number of carbonyl (C=O) groups excluding carboxylic acids is 3. The van der Waals surface area contributed by atoms with E-state index in [-0.39, 0.29) is 0 Å². The summed E-state index contributed by atoms with van der Waals surface area (Å²) in [5.41, 5.74) is 5.27. The fourth-order valence-electron chi connectivity index (χ4n) is 3.71. The summed E-state index contributed by atoms with van der Waals surface area (Å²) in [7, 11) is 0. The molecule has 7 nitrogen and oxygen atoms in total. The highest BCUT2D eigenvalue weighted by molar-refractivity contribution is 6.09. The van der Waals surface area contributed by atoms with Crippen LogP contribution in [0.15, 0.2) is 66.7 Å². The fourth-order valence-corrected chi connectivity index (χ4v) is 3.71. The molecule has 7 heteroatoms. The predicted molar refractivity (Wildman–Crippen MR) is 112 cm³/mol. The van der Waals surface area contributed by atoms with Gasteiger partial charge in [0, 0.05) is 22.6 Å². The molecule has 1 aromatic heterocycles. The highest BCUT2D eigenvalue weighted by atomic mass is 16.2. The number of nitrogens with zero attached hydrogens (tertiary/aromatic N) is 2. The number of carbonyl (C=O) groups is 3. The van der Waals surface area contributed by atoms with Gasteiger partial charge in [-0.3, -0.25) is 15.0 Å². The van der Waals surface area contributed by atoms with E-state index in [2.05, 4.69) is 15.3 Å². The third-order valence-electron chi connectivity index (χ3n) is 5.41. The average Bonchev–Trinajstić information content (AvgIpc) is 3.19. The molecule has 0 aliphatic carbocycles. The van der Waals surface area contributed by atoms with Crippen LogP contribution in [0.5, 0.6) is 0 Å². The van der Waals surface area contributed by atoms with E-state index < -0.39 is 23.4 Å². The van der Waals surface area contributed by atoms with Gasteiger partial charge < -0.3 is 9.88 Å². The number of urea groups is 1. The van der Waals surface area contributed by atoms with Gasteiger partial charge in [0.25, 0.3) is 11.8 Å². The van der Waals surface area contributed by atoms with Crippen LogP contribution in [-0.4, -0.2) is 27.4 Å². The molecule has 0 radical (unpaired) electrons. The summed E-state index contributed by atoms with van der Waals surface area (Å²) in [4.78, 5) is 38.0. The van der Waals surface area contributed by atoms with Crippen LogP contribution >= 0.6 is 0 Å². The van der Waals surface area contributed by atoms with E-state index in [4.69, 9.17) is 0 Å². The summed E-state index contributed by atoms with van der Waals surface area (Å²) in [6, 6.07) is 19.3. The lowest BCUT2D eigenvalue weighted by Gasteiger charge is -2.22. The standard InChI is InChI=1S/C23H22N4O3/c1-15-9-10-16(2)26(15)19-13-11-17(12-14-19)20(28)25-27-21(29)23(3,24-22(27)30)18-7-5-4-6-8-18/h4-14H,1-3H3,(H,24,30)(H,25,28). The van der Waals surface area contributed by atoms with Crippen molar-refractivity contribution in [3.63, 3.8) is 0 Å². The van der Waals surface area contributed by atoms with E-state index >= 15 is 0 Å². The molecule has 0 saturated carbocycles. The monoisotopic (exact) mass is 402 g/mol. The number of aryl methyl sites for hydroxylation is 2. The molecule has 0 spiro atoms. The van der Waals surface area contributed by atoms with Crippen molar-refractivity contribution in [2.75, 3.05) is 0 Å². The Hall–Kier alpha value is -3.87. The second-order valence-corrected chi connectivity index (χ2v) is 7.50. The van der Waals surface area contributed by atoms with Gasteiger partial charge in [0.05, 0.1) is 0 Å². The highest BCUT2D eigenvalue weighted by Gasteiger charge is 2.50. The van der Waals surface area contributed by atoms with E-state index in [0.717, 1.165) is 22.1 Å². The Bertz CT molecular complexity index is 1120. The Morgan fingerprint density at radius 1 is 0.900 bits per heavy atom. The molecule has 2 N–H and O–H groups in total. The molecule has 1 aliphatic rings. The van der Waals surface area contributed by atoms with Gasteiger partial charge in [0.15, 0.2) is 0 Å². The Morgan fingerprint density at radius 2 is 1.50 bits per heavy atom. The third kappa shape index (κ3) is 3.14. The molecule has 1 atom stereocenters. The average molecular weight is 402 g/mol. The van der Waals surface area contributed by atoms with Gasteiger partial charge in [-0.25, -0.2) is 4.79 Å². The van der Waals surface area contributed by atoms with Crippen molar-refractivity contribution < 1.29 is 14.4 Å². The van der Waals surface area contributed by atoms with Crippen LogP contribution in [-0.2, 0) is 10.3 Å². The Labute approximate surface area is 174 Å². The number of nitrogens with one attached hydrogen (secondary N) is 2. The zero-order valence-electron chi connectivity index (χ0n) is 17.0. The molecule has 1 unspecified atom stereocenters. The summed E-state index contributed by atoms with van der Waals surface area (Å²) >= 11 is 0. The number of hydrazine groups is 1. The van der Waals surface area contributed by atoms with Crippen molar-refractivity contribution in [2.24, 2.45) is 0 Å². The van der Waals surface area contributed by atoms with Gasteiger partial charge in [-0.1, -0.05) is 30.3 Å². The Kier molecular flexibility index (Phi) is 4.66. The van der Waals surface area contributed by atoms with Crippen molar-refractivity contribution in [2.45, 2.75) is 26.3 Å². The van der Waals surface area contributed by atoms with E-state index in [1.54, 1.807) is 43.3 Å². The Balaban J connectivity index is 1.53. The quantitative estimate of drug-likeness (QED) is 0.658. The van der Waals surface area contributed by atoms with Crippen molar-refractivity contribution in [3.05, 3.63) is 89.2 Å². The topological polar surface area (TPSA) is 83.4 Å². The molecular formula is C23H22N4O3. The van der Waals surface area contributed by atoms with Crippen LogP contribution in [0.2, 0.25) is 0 Å². The van der Waals surface area contributed by atoms with E-state index in [1.165, 1.54) is 0 Å². The first-order valence-electron chi connectivity index (χ1n) is 9.60. The summed E-state index contributed by atoms with van der Waals surface area (Å²) in [5, 5.41) is 3.40. The number of amides is 4. The molecule has 2 aromatic carbocycles. The van der Waals surface area contributed by atoms with Crippen LogP contribution in [0.4, 0.5) is 4.79 Å². The smallest absolute Gasteiger partial charge is 0.319 e. The maximum Gasteiger partial charge on any atom is 0.344 e. The molecule has 1 saturated heterocycles. The maximum absolute atomic E-state index is 12.9. The fraction of sp³-hybridized carbons (Fsp3) is 0.174. The molecule has 3 aromatic rings. The summed E-state index contributed by atoms with van der Waals surface area (Å²) < 4.78 is 2.07. The summed E-state index contributed by atoms with van der Waals surface area (Å²) in [6.07, 6.45) is 0. The van der Waals surface area contributed by atoms with Crippen LogP contribution in [0.25, 0.3) is 5.69 Å². The van der Waals surface area contributed by atoms with Gasteiger partial charge in [-0.05, 0) is 62.7 Å². The summed E-state index contributed by atoms with van der Waals surface area (Å²) in [5.74, 6) is -1.08. The van der Waals surface area contributed by atoms with E-state index in [1.807, 2.05) is 44.2 Å². The first-order chi connectivity index (χ1) is 14.3. The SMILES string of the molecule is Cc1ccc(C)n1-c1ccc(C(=O)NN2C(=O)NC(C)(c3ccccc3)C2=O)cc1. The number of hydrogen-bond acceptors (Lipinski definition) is 3. The number of rotatable bonds is 4. The van der Waals surface area contributed by atoms with Gasteiger partial charge in [-0.2, -0.15) is 5.01 Å². The predicted octanol–water partition coefficient (Wildman–Crippen LogP) is 3.21. The third-order valence-corrected chi connectivity index (χ3v) is 5.41. The number of imide groups is 1. The van der Waals surface area contributed by atoms with Crippen LogP contribution in [0.1, 0.15) is 34.2 Å². The van der Waals surface area contributed by atoms with Crippen LogP contribution in [0.3, 0.4) is 0 Å². The number of aromatic nitrogens is 1. The zero-order chi connectivity index (χ0) is 21.5. The van der Waals surface area contributed by atoms with Gasteiger partial charge in [-0.15, -0.1) is 0 Å². The van der Waals surface area contributed by atoms with Crippen molar-refractivity contribution in [1.82, 2.24) is 20.3 Å².